The number of hydrogen-bond acceptors (Lipinski definition) is 4. The minimum absolute atomic E-state index is 0.00602. The van der Waals surface area contributed by atoms with Gasteiger partial charge in [0.15, 0.2) is 6.29 Å². The van der Waals surface area contributed by atoms with Crippen molar-refractivity contribution in [2.45, 2.75) is 32.1 Å². The van der Waals surface area contributed by atoms with Gasteiger partial charge >= 0.3 is 0 Å². The zero-order valence-corrected chi connectivity index (χ0v) is 10.9. The Hall–Kier alpha value is -0.910. The molecular formula is C13H21N3O2. The highest BCUT2D eigenvalue weighted by Crippen LogP contribution is 2.22. The minimum atomic E-state index is -0.00602. The molecule has 5 nitrogen and oxygen atoms in total. The van der Waals surface area contributed by atoms with Crippen LogP contribution in [0.3, 0.4) is 0 Å². The topological polar surface area (TPSA) is 39.5 Å². The van der Waals surface area contributed by atoms with E-state index in [1.807, 2.05) is 6.92 Å². The molecule has 5 heteroatoms. The summed E-state index contributed by atoms with van der Waals surface area (Å²) in [5.74, 6) is 0. The summed E-state index contributed by atoms with van der Waals surface area (Å²) in [6, 6.07) is 2.63. The normalized spacial score (nSPS) is 23.8. The van der Waals surface area contributed by atoms with Gasteiger partial charge in [0.25, 0.3) is 0 Å². The molecule has 0 aliphatic carbocycles. The Kier molecular flexibility index (Phi) is 3.63. The van der Waals surface area contributed by atoms with E-state index >= 15 is 0 Å². The van der Waals surface area contributed by atoms with Crippen molar-refractivity contribution >= 4 is 0 Å². The molecular weight excluding hydrogens is 230 g/mol. The van der Waals surface area contributed by atoms with Gasteiger partial charge in [0.1, 0.15) is 0 Å². The predicted molar refractivity (Wildman–Crippen MR) is 67.4 cm³/mol. The predicted octanol–water partition coefficient (Wildman–Crippen LogP) is 1.20. The lowest BCUT2D eigenvalue weighted by Gasteiger charge is -2.32. The van der Waals surface area contributed by atoms with E-state index in [0.29, 0.717) is 6.04 Å². The summed E-state index contributed by atoms with van der Waals surface area (Å²) in [5, 5.41) is 4.51. The first-order valence-electron chi connectivity index (χ1n) is 6.78. The van der Waals surface area contributed by atoms with Gasteiger partial charge in [-0.3, -0.25) is 9.58 Å². The monoisotopic (exact) mass is 251 g/mol. The number of ether oxygens (including phenoxy) is 2. The summed E-state index contributed by atoms with van der Waals surface area (Å²) in [4.78, 5) is 2.43. The highest BCUT2D eigenvalue weighted by atomic mass is 16.7. The molecule has 100 valence electrons. The second kappa shape index (κ2) is 5.38. The lowest BCUT2D eigenvalue weighted by atomic mass is 10.1. The zero-order chi connectivity index (χ0) is 12.4. The van der Waals surface area contributed by atoms with E-state index in [0.717, 1.165) is 51.4 Å². The van der Waals surface area contributed by atoms with Crippen LogP contribution in [-0.4, -0.2) is 53.8 Å². The standard InChI is InChI=1S/C13H21N3O2/c1-11-2-7-16(14-11)12-3-5-15(6-4-12)10-13-17-8-9-18-13/h2,7,12-13H,3-6,8-10H2,1H3. The summed E-state index contributed by atoms with van der Waals surface area (Å²) < 4.78 is 13.1. The Labute approximate surface area is 108 Å². The van der Waals surface area contributed by atoms with E-state index in [9.17, 15) is 0 Å². The maximum atomic E-state index is 5.49. The minimum Gasteiger partial charge on any atom is -0.349 e. The van der Waals surface area contributed by atoms with Crippen LogP contribution in [0.4, 0.5) is 0 Å². The lowest BCUT2D eigenvalue weighted by Crippen LogP contribution is -2.39. The van der Waals surface area contributed by atoms with E-state index in [4.69, 9.17) is 9.47 Å². The van der Waals surface area contributed by atoms with Gasteiger partial charge in [-0.05, 0) is 25.8 Å². The molecule has 2 aliphatic rings. The first-order valence-corrected chi connectivity index (χ1v) is 6.78. The third kappa shape index (κ3) is 2.74. The molecule has 3 heterocycles. The molecule has 0 amide bonds. The molecule has 3 rings (SSSR count). The molecule has 2 aliphatic heterocycles. The summed E-state index contributed by atoms with van der Waals surface area (Å²) >= 11 is 0. The van der Waals surface area contributed by atoms with Crippen LogP contribution in [0, 0.1) is 6.92 Å². The van der Waals surface area contributed by atoms with Gasteiger partial charge in [-0.15, -0.1) is 0 Å². The molecule has 1 aromatic rings. The van der Waals surface area contributed by atoms with Crippen LogP contribution in [-0.2, 0) is 9.47 Å². The number of aromatic nitrogens is 2. The van der Waals surface area contributed by atoms with Crippen molar-refractivity contribution in [1.29, 1.82) is 0 Å². The fraction of sp³-hybridized carbons (Fsp3) is 0.769. The quantitative estimate of drug-likeness (QED) is 0.809. The Morgan fingerprint density at radius 1 is 1.28 bits per heavy atom. The largest absolute Gasteiger partial charge is 0.349 e. The van der Waals surface area contributed by atoms with E-state index < -0.39 is 0 Å². The van der Waals surface area contributed by atoms with Crippen LogP contribution in [0.25, 0.3) is 0 Å². The van der Waals surface area contributed by atoms with Crippen LogP contribution in [0.2, 0.25) is 0 Å². The summed E-state index contributed by atoms with van der Waals surface area (Å²) in [7, 11) is 0. The molecule has 0 aromatic carbocycles. The molecule has 0 spiro atoms. The smallest absolute Gasteiger partial charge is 0.170 e. The molecule has 0 bridgehead atoms. The Balaban J connectivity index is 1.48. The molecule has 18 heavy (non-hydrogen) atoms. The fourth-order valence-electron chi connectivity index (χ4n) is 2.73. The highest BCUT2D eigenvalue weighted by Gasteiger charge is 2.25. The number of rotatable bonds is 3. The van der Waals surface area contributed by atoms with Crippen molar-refractivity contribution in [3.63, 3.8) is 0 Å². The molecule has 2 saturated heterocycles. The number of piperidine rings is 1. The van der Waals surface area contributed by atoms with Crippen molar-refractivity contribution in [3.05, 3.63) is 18.0 Å². The Bertz CT molecular complexity index is 379. The zero-order valence-electron chi connectivity index (χ0n) is 10.9. The molecule has 0 radical (unpaired) electrons. The van der Waals surface area contributed by atoms with Crippen molar-refractivity contribution in [2.75, 3.05) is 32.8 Å². The van der Waals surface area contributed by atoms with Crippen molar-refractivity contribution in [1.82, 2.24) is 14.7 Å². The fourth-order valence-corrected chi connectivity index (χ4v) is 2.73. The SMILES string of the molecule is Cc1ccn(C2CCN(CC3OCCO3)CC2)n1. The number of nitrogens with zero attached hydrogens (tertiary/aromatic N) is 3. The lowest BCUT2D eigenvalue weighted by molar-refractivity contribution is -0.0658. The van der Waals surface area contributed by atoms with Gasteiger partial charge in [-0.25, -0.2) is 0 Å². The number of aryl methyl sites for hydroxylation is 1. The maximum absolute atomic E-state index is 5.49. The number of likely N-dealkylation sites (tertiary alicyclic amines) is 1. The Morgan fingerprint density at radius 2 is 2.00 bits per heavy atom. The van der Waals surface area contributed by atoms with Crippen LogP contribution >= 0.6 is 0 Å². The van der Waals surface area contributed by atoms with Crippen molar-refractivity contribution < 1.29 is 9.47 Å². The Morgan fingerprint density at radius 3 is 2.61 bits per heavy atom. The maximum Gasteiger partial charge on any atom is 0.170 e. The van der Waals surface area contributed by atoms with Crippen molar-refractivity contribution in [2.24, 2.45) is 0 Å². The third-order valence-electron chi connectivity index (χ3n) is 3.77. The van der Waals surface area contributed by atoms with Crippen LogP contribution < -0.4 is 0 Å². The van der Waals surface area contributed by atoms with E-state index in [1.165, 1.54) is 0 Å². The van der Waals surface area contributed by atoms with E-state index in [2.05, 4.69) is 26.9 Å². The average molecular weight is 251 g/mol. The van der Waals surface area contributed by atoms with Gasteiger partial charge in [-0.1, -0.05) is 0 Å². The molecule has 1 aromatic heterocycles. The van der Waals surface area contributed by atoms with Crippen LogP contribution in [0.5, 0.6) is 0 Å². The average Bonchev–Trinajstić information content (AvgIpc) is 3.02. The third-order valence-corrected chi connectivity index (χ3v) is 3.77. The van der Waals surface area contributed by atoms with Crippen LogP contribution in [0.1, 0.15) is 24.6 Å². The molecule has 0 saturated carbocycles. The van der Waals surface area contributed by atoms with Crippen LogP contribution in [0.15, 0.2) is 12.3 Å². The highest BCUT2D eigenvalue weighted by molar-refractivity contribution is 4.96. The molecule has 2 fully saturated rings. The first kappa shape index (κ1) is 12.1. The van der Waals surface area contributed by atoms with Gasteiger partial charge < -0.3 is 9.47 Å². The van der Waals surface area contributed by atoms with Gasteiger partial charge in [0.2, 0.25) is 0 Å². The van der Waals surface area contributed by atoms with E-state index in [1.54, 1.807) is 0 Å². The van der Waals surface area contributed by atoms with Gasteiger partial charge in [0, 0.05) is 25.8 Å². The molecule has 0 unspecified atom stereocenters. The first-order chi connectivity index (χ1) is 8.81. The molecule has 0 N–H and O–H groups in total. The van der Waals surface area contributed by atoms with Gasteiger partial charge in [0.05, 0.1) is 24.9 Å². The summed E-state index contributed by atoms with van der Waals surface area (Å²) in [5.41, 5.74) is 1.10. The molecule has 0 atom stereocenters. The number of hydrogen-bond donors (Lipinski definition) is 0. The van der Waals surface area contributed by atoms with Crippen molar-refractivity contribution in [3.8, 4) is 0 Å². The second-order valence-corrected chi connectivity index (χ2v) is 5.14. The van der Waals surface area contributed by atoms with Gasteiger partial charge in [-0.2, -0.15) is 5.10 Å². The summed E-state index contributed by atoms with van der Waals surface area (Å²) in [6.45, 7) is 6.65. The van der Waals surface area contributed by atoms with E-state index in [-0.39, 0.29) is 6.29 Å². The summed E-state index contributed by atoms with van der Waals surface area (Å²) in [6.07, 6.45) is 4.41. The second-order valence-electron chi connectivity index (χ2n) is 5.14.